The summed E-state index contributed by atoms with van der Waals surface area (Å²) in [7, 11) is 1.40. The van der Waals surface area contributed by atoms with Gasteiger partial charge in [0.2, 0.25) is 11.8 Å². The van der Waals surface area contributed by atoms with Crippen molar-refractivity contribution in [2.24, 2.45) is 0 Å². The Labute approximate surface area is 179 Å². The zero-order valence-corrected chi connectivity index (χ0v) is 17.9. The van der Waals surface area contributed by atoms with Gasteiger partial charge in [-0.2, -0.15) is 13.2 Å². The van der Waals surface area contributed by atoms with Crippen molar-refractivity contribution in [2.75, 3.05) is 20.3 Å². The molecule has 0 bridgehead atoms. The largest absolute Gasteiger partial charge is 0.481 e. The molecule has 0 N–H and O–H groups in total. The number of hydrogen-bond acceptors (Lipinski definition) is 5. The molecule has 0 saturated heterocycles. The topological polar surface area (TPSA) is 68.7 Å². The van der Waals surface area contributed by atoms with Gasteiger partial charge in [0.1, 0.15) is 0 Å². The van der Waals surface area contributed by atoms with Crippen LogP contribution in [0.1, 0.15) is 37.5 Å². The van der Waals surface area contributed by atoms with Crippen molar-refractivity contribution in [1.29, 1.82) is 0 Å². The first-order valence-corrected chi connectivity index (χ1v) is 9.75. The average Bonchev–Trinajstić information content (AvgIpc) is 2.71. The maximum absolute atomic E-state index is 13.3. The van der Waals surface area contributed by atoms with E-state index in [4.69, 9.17) is 9.47 Å². The van der Waals surface area contributed by atoms with Crippen molar-refractivity contribution in [3.8, 4) is 17.0 Å². The molecule has 9 heteroatoms. The van der Waals surface area contributed by atoms with Crippen LogP contribution in [-0.2, 0) is 33.5 Å². The fraction of sp³-hybridized carbons (Fsp3) is 0.409. The van der Waals surface area contributed by atoms with Gasteiger partial charge in [-0.25, -0.2) is 4.98 Å². The summed E-state index contributed by atoms with van der Waals surface area (Å²) in [6, 6.07) is 4.97. The molecule has 0 aliphatic heterocycles. The van der Waals surface area contributed by atoms with Crippen molar-refractivity contribution in [3.63, 3.8) is 0 Å². The number of ether oxygens (including phenoxy) is 2. The number of alkyl halides is 3. The Bertz CT molecular complexity index is 945. The maximum atomic E-state index is 13.3. The lowest BCUT2D eigenvalue weighted by Gasteiger charge is -2.22. The quantitative estimate of drug-likeness (QED) is 0.577. The van der Waals surface area contributed by atoms with Crippen LogP contribution in [0, 0.1) is 0 Å². The highest BCUT2D eigenvalue weighted by atomic mass is 19.4. The molecule has 1 aromatic heterocycles. The van der Waals surface area contributed by atoms with E-state index in [1.165, 1.54) is 31.2 Å². The molecule has 0 atom stereocenters. The van der Waals surface area contributed by atoms with Crippen LogP contribution in [0.2, 0.25) is 0 Å². The van der Waals surface area contributed by atoms with Gasteiger partial charge in [0, 0.05) is 31.8 Å². The van der Waals surface area contributed by atoms with Crippen LogP contribution in [-0.4, -0.2) is 42.0 Å². The van der Waals surface area contributed by atoms with Gasteiger partial charge in [0.15, 0.2) is 0 Å². The number of nitrogens with zero attached hydrogens (tertiary/aromatic N) is 2. The lowest BCUT2D eigenvalue weighted by Crippen LogP contribution is -2.28. The van der Waals surface area contributed by atoms with Gasteiger partial charge in [0.05, 0.1) is 25.7 Å². The van der Waals surface area contributed by atoms with E-state index in [-0.39, 0.29) is 31.4 Å². The summed E-state index contributed by atoms with van der Waals surface area (Å²) < 4.78 is 50.3. The number of pyridine rings is 1. The molecule has 0 fully saturated rings. The molecule has 0 aliphatic carbocycles. The van der Waals surface area contributed by atoms with Crippen molar-refractivity contribution >= 4 is 11.9 Å². The minimum atomic E-state index is -4.53. The Kier molecular flexibility index (Phi) is 8.01. The van der Waals surface area contributed by atoms with Gasteiger partial charge < -0.3 is 14.4 Å². The van der Waals surface area contributed by atoms with Crippen LogP contribution < -0.4 is 4.74 Å². The lowest BCUT2D eigenvalue weighted by molar-refractivity contribution is -0.142. The molecule has 0 radical (unpaired) electrons. The second-order valence-electron chi connectivity index (χ2n) is 6.79. The number of esters is 1. The number of methoxy groups -OCH3 is 1. The molecule has 6 nitrogen and oxygen atoms in total. The molecule has 1 aromatic carbocycles. The number of rotatable bonds is 8. The summed E-state index contributed by atoms with van der Waals surface area (Å²) in [5.74, 6) is -0.506. The predicted molar refractivity (Wildman–Crippen MR) is 108 cm³/mol. The van der Waals surface area contributed by atoms with Crippen LogP contribution in [0.5, 0.6) is 5.88 Å². The Morgan fingerprint density at radius 2 is 1.84 bits per heavy atom. The standard InChI is InChI=1S/C22H25F3N2O4/c1-5-27(14(3)28)13-16-11-17(22(23,24)25)7-8-18(16)19-9-15(10-20(29)31-6-2)12-26-21(19)30-4/h7-9,11-12H,5-6,10,13H2,1-4H3. The van der Waals surface area contributed by atoms with Crippen molar-refractivity contribution in [3.05, 3.63) is 47.2 Å². The number of benzene rings is 1. The number of carbonyl (C=O) groups is 2. The number of aromatic nitrogens is 1. The Hall–Kier alpha value is -3.10. The SMILES string of the molecule is CCOC(=O)Cc1cnc(OC)c(-c2ccc(C(F)(F)F)cc2CN(CC)C(C)=O)c1. The first-order valence-electron chi connectivity index (χ1n) is 9.75. The third-order valence-corrected chi connectivity index (χ3v) is 4.67. The molecule has 2 aromatic rings. The Morgan fingerprint density at radius 1 is 1.13 bits per heavy atom. The van der Waals surface area contributed by atoms with E-state index in [2.05, 4.69) is 4.98 Å². The van der Waals surface area contributed by atoms with E-state index in [9.17, 15) is 22.8 Å². The van der Waals surface area contributed by atoms with Crippen molar-refractivity contribution in [1.82, 2.24) is 9.88 Å². The molecule has 0 saturated carbocycles. The van der Waals surface area contributed by atoms with Gasteiger partial charge in [0.25, 0.3) is 0 Å². The molecular formula is C22H25F3N2O4. The minimum absolute atomic E-state index is 0.0175. The molecule has 1 amide bonds. The van der Waals surface area contributed by atoms with E-state index >= 15 is 0 Å². The van der Waals surface area contributed by atoms with Gasteiger partial charge in [-0.05, 0) is 48.7 Å². The van der Waals surface area contributed by atoms with Crippen LogP contribution in [0.4, 0.5) is 13.2 Å². The highest BCUT2D eigenvalue weighted by Gasteiger charge is 2.31. The van der Waals surface area contributed by atoms with Gasteiger partial charge >= 0.3 is 12.1 Å². The van der Waals surface area contributed by atoms with E-state index < -0.39 is 17.7 Å². The van der Waals surface area contributed by atoms with Crippen LogP contribution in [0.25, 0.3) is 11.1 Å². The first kappa shape index (κ1) is 24.2. The van der Waals surface area contributed by atoms with Gasteiger partial charge in [-0.15, -0.1) is 0 Å². The highest BCUT2D eigenvalue weighted by molar-refractivity contribution is 5.77. The molecule has 0 spiro atoms. The maximum Gasteiger partial charge on any atom is 0.416 e. The third-order valence-electron chi connectivity index (χ3n) is 4.67. The lowest BCUT2D eigenvalue weighted by atomic mass is 9.96. The Morgan fingerprint density at radius 3 is 2.39 bits per heavy atom. The number of carbonyl (C=O) groups excluding carboxylic acids is 2. The fourth-order valence-electron chi connectivity index (χ4n) is 3.14. The van der Waals surface area contributed by atoms with Crippen LogP contribution >= 0.6 is 0 Å². The van der Waals surface area contributed by atoms with Gasteiger partial charge in [-0.3, -0.25) is 9.59 Å². The zero-order chi connectivity index (χ0) is 23.2. The highest BCUT2D eigenvalue weighted by Crippen LogP contribution is 2.37. The van der Waals surface area contributed by atoms with Gasteiger partial charge in [-0.1, -0.05) is 6.07 Å². The summed E-state index contributed by atoms with van der Waals surface area (Å²) in [6.45, 7) is 5.35. The van der Waals surface area contributed by atoms with Crippen molar-refractivity contribution in [2.45, 2.75) is 39.9 Å². The molecule has 2 rings (SSSR count). The second-order valence-corrected chi connectivity index (χ2v) is 6.79. The summed E-state index contributed by atoms with van der Waals surface area (Å²) in [4.78, 5) is 29.4. The van der Waals surface area contributed by atoms with Crippen LogP contribution in [0.3, 0.4) is 0 Å². The van der Waals surface area contributed by atoms with E-state index in [1.54, 1.807) is 19.9 Å². The molecule has 0 aliphatic rings. The average molecular weight is 438 g/mol. The zero-order valence-electron chi connectivity index (χ0n) is 17.9. The molecule has 168 valence electrons. The fourth-order valence-corrected chi connectivity index (χ4v) is 3.14. The summed E-state index contributed by atoms with van der Waals surface area (Å²) in [6.07, 6.45) is -3.12. The molecule has 31 heavy (non-hydrogen) atoms. The number of halogens is 3. The number of amides is 1. The molecule has 0 unspecified atom stereocenters. The summed E-state index contributed by atoms with van der Waals surface area (Å²) in [5.41, 5.74) is 0.857. The summed E-state index contributed by atoms with van der Waals surface area (Å²) in [5, 5.41) is 0. The molecular weight excluding hydrogens is 413 g/mol. The monoisotopic (exact) mass is 438 g/mol. The predicted octanol–water partition coefficient (Wildman–Crippen LogP) is 4.25. The smallest absolute Gasteiger partial charge is 0.416 e. The first-order chi connectivity index (χ1) is 14.6. The normalized spacial score (nSPS) is 11.2. The minimum Gasteiger partial charge on any atom is -0.481 e. The Balaban J connectivity index is 2.61. The third kappa shape index (κ3) is 6.19. The van der Waals surface area contributed by atoms with Crippen molar-refractivity contribution < 1.29 is 32.2 Å². The number of hydrogen-bond donors (Lipinski definition) is 0. The van der Waals surface area contributed by atoms with E-state index in [0.717, 1.165) is 12.1 Å². The molecule has 1 heterocycles. The second kappa shape index (κ2) is 10.3. The van der Waals surface area contributed by atoms with Crippen LogP contribution in [0.15, 0.2) is 30.5 Å². The van der Waals surface area contributed by atoms with E-state index in [1.807, 2.05) is 0 Å². The van der Waals surface area contributed by atoms with E-state index in [0.29, 0.717) is 28.8 Å². The summed E-state index contributed by atoms with van der Waals surface area (Å²) >= 11 is 0.